The lowest BCUT2D eigenvalue weighted by Crippen LogP contribution is -2.39. The van der Waals surface area contributed by atoms with Gasteiger partial charge in [0.05, 0.1) is 27.9 Å². The number of H-pyrrole nitrogens is 1. The van der Waals surface area contributed by atoms with Crippen molar-refractivity contribution in [1.82, 2.24) is 9.88 Å². The number of hydrogen-bond donors (Lipinski definition) is 1. The number of esters is 1. The molecular formula is C24H28N2O4. The maximum absolute atomic E-state index is 12.1. The van der Waals surface area contributed by atoms with E-state index < -0.39 is 0 Å². The molecule has 0 saturated carbocycles. The van der Waals surface area contributed by atoms with Crippen LogP contribution in [0.1, 0.15) is 29.2 Å². The monoisotopic (exact) mass is 408 g/mol. The number of ether oxygens (including phenoxy) is 3. The average molecular weight is 408 g/mol. The number of nitrogens with zero attached hydrogens (tertiary/aromatic N) is 1. The highest BCUT2D eigenvalue weighted by molar-refractivity contribution is 5.83. The van der Waals surface area contributed by atoms with Gasteiger partial charge in [-0.1, -0.05) is 18.2 Å². The molecule has 0 saturated heterocycles. The maximum Gasteiger partial charge on any atom is 0.319 e. The SMILES string of the molecule is COC(=O)CN1CCc2cc(OC)c(OC)cc2C1CCc1c[nH]c2ccccc12. The lowest BCUT2D eigenvalue weighted by atomic mass is 9.88. The highest BCUT2D eigenvalue weighted by atomic mass is 16.5. The fourth-order valence-corrected chi connectivity index (χ4v) is 4.47. The Morgan fingerprint density at radius 1 is 1.13 bits per heavy atom. The van der Waals surface area contributed by atoms with Crippen molar-refractivity contribution in [3.05, 3.63) is 59.3 Å². The molecule has 1 aliphatic rings. The van der Waals surface area contributed by atoms with Crippen molar-refractivity contribution in [1.29, 1.82) is 0 Å². The summed E-state index contributed by atoms with van der Waals surface area (Å²) < 4.78 is 16.0. The minimum atomic E-state index is -0.212. The van der Waals surface area contributed by atoms with E-state index in [2.05, 4.69) is 46.4 Å². The van der Waals surface area contributed by atoms with Crippen molar-refractivity contribution in [2.45, 2.75) is 25.3 Å². The molecular weight excluding hydrogens is 380 g/mol. The summed E-state index contributed by atoms with van der Waals surface area (Å²) in [5.74, 6) is 1.25. The van der Waals surface area contributed by atoms with E-state index in [0.717, 1.165) is 37.1 Å². The number of carbonyl (C=O) groups excluding carboxylic acids is 1. The number of carbonyl (C=O) groups is 1. The minimum absolute atomic E-state index is 0.0984. The molecule has 1 atom stereocenters. The van der Waals surface area contributed by atoms with Gasteiger partial charge in [-0.2, -0.15) is 0 Å². The van der Waals surface area contributed by atoms with Crippen LogP contribution in [0.2, 0.25) is 0 Å². The lowest BCUT2D eigenvalue weighted by Gasteiger charge is -2.37. The Hall–Kier alpha value is -2.99. The first-order valence-electron chi connectivity index (χ1n) is 10.2. The molecule has 1 aromatic heterocycles. The van der Waals surface area contributed by atoms with Crippen LogP contribution in [-0.2, 0) is 22.4 Å². The molecule has 1 aliphatic heterocycles. The normalized spacial score (nSPS) is 16.3. The molecule has 1 N–H and O–H groups in total. The molecule has 0 spiro atoms. The Balaban J connectivity index is 1.66. The van der Waals surface area contributed by atoms with Gasteiger partial charge < -0.3 is 19.2 Å². The second kappa shape index (κ2) is 8.79. The topological polar surface area (TPSA) is 63.8 Å². The third-order valence-electron chi connectivity index (χ3n) is 6.04. The van der Waals surface area contributed by atoms with Gasteiger partial charge >= 0.3 is 5.97 Å². The number of aromatic amines is 1. The largest absolute Gasteiger partial charge is 0.493 e. The minimum Gasteiger partial charge on any atom is -0.493 e. The third-order valence-corrected chi connectivity index (χ3v) is 6.04. The summed E-state index contributed by atoms with van der Waals surface area (Å²) >= 11 is 0. The van der Waals surface area contributed by atoms with E-state index in [1.54, 1.807) is 14.2 Å². The van der Waals surface area contributed by atoms with Crippen LogP contribution in [0.3, 0.4) is 0 Å². The standard InChI is InChI=1S/C24H28N2O4/c1-28-22-12-16-10-11-26(15-24(27)30-3)21(19(16)13-23(22)29-2)9-8-17-14-25-20-7-5-4-6-18(17)20/h4-7,12-14,21,25H,8-11,15H2,1-3H3. The number of hydrogen-bond acceptors (Lipinski definition) is 5. The zero-order valence-electron chi connectivity index (χ0n) is 17.7. The molecule has 0 amide bonds. The quantitative estimate of drug-likeness (QED) is 0.601. The highest BCUT2D eigenvalue weighted by Gasteiger charge is 2.30. The molecule has 0 aliphatic carbocycles. The lowest BCUT2D eigenvalue weighted by molar-refractivity contribution is -0.142. The summed E-state index contributed by atoms with van der Waals surface area (Å²) in [5.41, 5.74) is 4.88. The number of para-hydroxylation sites is 1. The first-order chi connectivity index (χ1) is 14.6. The van der Waals surface area contributed by atoms with Gasteiger partial charge in [0, 0.05) is 29.7 Å². The summed E-state index contributed by atoms with van der Waals surface area (Å²) in [6, 6.07) is 12.6. The second-order valence-electron chi connectivity index (χ2n) is 7.62. The van der Waals surface area contributed by atoms with Crippen molar-refractivity contribution in [3.8, 4) is 11.5 Å². The predicted octanol–water partition coefficient (Wildman–Crippen LogP) is 3.89. The van der Waals surface area contributed by atoms with Gasteiger partial charge in [-0.15, -0.1) is 0 Å². The van der Waals surface area contributed by atoms with Crippen molar-refractivity contribution >= 4 is 16.9 Å². The summed E-state index contributed by atoms with van der Waals surface area (Å²) in [4.78, 5) is 17.6. The molecule has 6 heteroatoms. The summed E-state index contributed by atoms with van der Waals surface area (Å²) in [6.45, 7) is 1.08. The van der Waals surface area contributed by atoms with Gasteiger partial charge in [0.25, 0.3) is 0 Å². The average Bonchev–Trinajstić information content (AvgIpc) is 3.20. The number of aryl methyl sites for hydroxylation is 1. The van der Waals surface area contributed by atoms with Gasteiger partial charge in [0.15, 0.2) is 11.5 Å². The number of benzene rings is 2. The third kappa shape index (κ3) is 3.87. The Morgan fingerprint density at radius 3 is 2.67 bits per heavy atom. The van der Waals surface area contributed by atoms with Crippen LogP contribution < -0.4 is 9.47 Å². The van der Waals surface area contributed by atoms with E-state index in [9.17, 15) is 4.79 Å². The molecule has 2 aromatic carbocycles. The second-order valence-corrected chi connectivity index (χ2v) is 7.62. The Bertz CT molecular complexity index is 1040. The van der Waals surface area contributed by atoms with Gasteiger partial charge in [0.2, 0.25) is 0 Å². The number of methoxy groups -OCH3 is 3. The Kier molecular flexibility index (Phi) is 5.95. The fraction of sp³-hybridized carbons (Fsp3) is 0.375. The van der Waals surface area contributed by atoms with E-state index in [4.69, 9.17) is 14.2 Å². The van der Waals surface area contributed by atoms with Crippen LogP contribution >= 0.6 is 0 Å². The van der Waals surface area contributed by atoms with E-state index in [-0.39, 0.29) is 18.6 Å². The predicted molar refractivity (Wildman–Crippen MR) is 116 cm³/mol. The molecule has 2 heterocycles. The Labute approximate surface area is 176 Å². The van der Waals surface area contributed by atoms with Crippen molar-refractivity contribution < 1.29 is 19.0 Å². The number of aromatic nitrogens is 1. The molecule has 0 fully saturated rings. The zero-order valence-corrected chi connectivity index (χ0v) is 17.7. The van der Waals surface area contributed by atoms with Gasteiger partial charge in [-0.05, 0) is 54.2 Å². The molecule has 0 radical (unpaired) electrons. The van der Waals surface area contributed by atoms with Crippen LogP contribution in [-0.4, -0.2) is 50.3 Å². The summed E-state index contributed by atoms with van der Waals surface area (Å²) in [5, 5.41) is 1.25. The van der Waals surface area contributed by atoms with E-state index >= 15 is 0 Å². The van der Waals surface area contributed by atoms with Gasteiger partial charge in [-0.3, -0.25) is 9.69 Å². The maximum atomic E-state index is 12.1. The van der Waals surface area contributed by atoms with Gasteiger partial charge in [-0.25, -0.2) is 0 Å². The first-order valence-corrected chi connectivity index (χ1v) is 10.2. The highest BCUT2D eigenvalue weighted by Crippen LogP contribution is 2.40. The van der Waals surface area contributed by atoms with Crippen LogP contribution in [0.4, 0.5) is 0 Å². The van der Waals surface area contributed by atoms with Crippen LogP contribution in [0.25, 0.3) is 10.9 Å². The summed E-state index contributed by atoms with van der Waals surface area (Å²) in [7, 11) is 4.75. The molecule has 1 unspecified atom stereocenters. The Morgan fingerprint density at radius 2 is 1.90 bits per heavy atom. The van der Waals surface area contributed by atoms with E-state index in [1.165, 1.54) is 29.2 Å². The number of nitrogens with one attached hydrogen (secondary N) is 1. The molecule has 3 aromatic rings. The first kappa shape index (κ1) is 20.3. The van der Waals surface area contributed by atoms with E-state index in [0.29, 0.717) is 5.75 Å². The summed E-state index contributed by atoms with van der Waals surface area (Å²) in [6.07, 6.45) is 4.74. The zero-order chi connectivity index (χ0) is 21.1. The fourth-order valence-electron chi connectivity index (χ4n) is 4.47. The number of rotatable bonds is 7. The molecule has 6 nitrogen and oxygen atoms in total. The molecule has 0 bridgehead atoms. The molecule has 30 heavy (non-hydrogen) atoms. The molecule has 158 valence electrons. The van der Waals surface area contributed by atoms with Gasteiger partial charge in [0.1, 0.15) is 0 Å². The smallest absolute Gasteiger partial charge is 0.319 e. The van der Waals surface area contributed by atoms with Crippen LogP contribution in [0.5, 0.6) is 11.5 Å². The van der Waals surface area contributed by atoms with Crippen LogP contribution in [0, 0.1) is 0 Å². The van der Waals surface area contributed by atoms with Crippen molar-refractivity contribution in [2.24, 2.45) is 0 Å². The van der Waals surface area contributed by atoms with Crippen molar-refractivity contribution in [3.63, 3.8) is 0 Å². The van der Waals surface area contributed by atoms with Crippen molar-refractivity contribution in [2.75, 3.05) is 34.4 Å². The van der Waals surface area contributed by atoms with E-state index in [1.807, 2.05) is 6.07 Å². The molecule has 4 rings (SSSR count). The van der Waals surface area contributed by atoms with Crippen LogP contribution in [0.15, 0.2) is 42.6 Å². The number of fused-ring (bicyclic) bond motifs is 2.